The molecule has 0 aromatic carbocycles. The first-order valence-corrected chi connectivity index (χ1v) is 10.8. The van der Waals surface area contributed by atoms with E-state index in [4.69, 9.17) is 4.74 Å². The maximum Gasteiger partial charge on any atom is 0.305 e. The van der Waals surface area contributed by atoms with E-state index in [2.05, 4.69) is 19.1 Å². The van der Waals surface area contributed by atoms with Crippen molar-refractivity contribution in [3.05, 3.63) is 12.2 Å². The van der Waals surface area contributed by atoms with E-state index in [-0.39, 0.29) is 12.6 Å². The Kier molecular flexibility index (Phi) is 16.6. The molecule has 0 bridgehead atoms. The van der Waals surface area contributed by atoms with Gasteiger partial charge in [0.25, 0.3) is 0 Å². The van der Waals surface area contributed by atoms with E-state index in [0.29, 0.717) is 6.42 Å². The number of hydrogen-bond acceptors (Lipinski definition) is 3. The van der Waals surface area contributed by atoms with Crippen molar-refractivity contribution in [1.82, 2.24) is 0 Å². The molecule has 0 spiro atoms. The van der Waals surface area contributed by atoms with Crippen molar-refractivity contribution in [2.75, 3.05) is 6.61 Å². The van der Waals surface area contributed by atoms with Crippen molar-refractivity contribution in [3.63, 3.8) is 0 Å². The summed E-state index contributed by atoms with van der Waals surface area (Å²) >= 11 is 0. The minimum absolute atomic E-state index is 0.181. The lowest BCUT2D eigenvalue weighted by Gasteiger charge is -2.16. The van der Waals surface area contributed by atoms with Crippen LogP contribution in [0.2, 0.25) is 0 Å². The first-order chi connectivity index (χ1) is 12.5. The lowest BCUT2D eigenvalue weighted by Crippen LogP contribution is -2.23. The third-order valence-electron chi connectivity index (χ3n) is 4.57. The van der Waals surface area contributed by atoms with Crippen molar-refractivity contribution >= 4 is 12.3 Å². The van der Waals surface area contributed by atoms with E-state index < -0.39 is 5.41 Å². The SMILES string of the molecule is CCCCCCCCC=CCCCCCCCC(=O)OCC(C)(C)C=O. The number of carbonyl (C=O) groups is 2. The first-order valence-electron chi connectivity index (χ1n) is 10.8. The molecule has 0 aromatic heterocycles. The molecule has 0 aliphatic heterocycles. The lowest BCUT2D eigenvalue weighted by atomic mass is 9.98. The highest BCUT2D eigenvalue weighted by atomic mass is 16.5. The van der Waals surface area contributed by atoms with Crippen LogP contribution in [-0.4, -0.2) is 18.9 Å². The van der Waals surface area contributed by atoms with Crippen molar-refractivity contribution < 1.29 is 14.3 Å². The van der Waals surface area contributed by atoms with Crippen molar-refractivity contribution in [2.24, 2.45) is 5.41 Å². The number of aldehydes is 1. The molecule has 0 saturated carbocycles. The molecule has 0 amide bonds. The smallest absolute Gasteiger partial charge is 0.305 e. The van der Waals surface area contributed by atoms with Gasteiger partial charge in [-0.25, -0.2) is 0 Å². The van der Waals surface area contributed by atoms with Crippen LogP contribution >= 0.6 is 0 Å². The Hall–Kier alpha value is -1.12. The Balaban J connectivity index is 3.31. The van der Waals surface area contributed by atoms with Crippen LogP contribution in [0.25, 0.3) is 0 Å². The van der Waals surface area contributed by atoms with Gasteiger partial charge in [-0.3, -0.25) is 4.79 Å². The molecule has 0 rings (SSSR count). The molecule has 0 N–H and O–H groups in total. The van der Waals surface area contributed by atoms with Crippen LogP contribution < -0.4 is 0 Å². The molecular weight excluding hydrogens is 324 g/mol. The zero-order chi connectivity index (χ0) is 19.5. The average molecular weight is 367 g/mol. The molecule has 0 saturated heterocycles. The summed E-state index contributed by atoms with van der Waals surface area (Å²) in [4.78, 5) is 22.3. The summed E-state index contributed by atoms with van der Waals surface area (Å²) in [5, 5.41) is 0. The fraction of sp³-hybridized carbons (Fsp3) is 0.826. The second-order valence-electron chi connectivity index (χ2n) is 8.10. The Bertz CT molecular complexity index is 372. The summed E-state index contributed by atoms with van der Waals surface area (Å²) < 4.78 is 5.14. The van der Waals surface area contributed by atoms with E-state index >= 15 is 0 Å². The third kappa shape index (κ3) is 17.7. The molecule has 0 aliphatic rings. The van der Waals surface area contributed by atoms with Gasteiger partial charge in [0.05, 0.1) is 5.41 Å². The topological polar surface area (TPSA) is 43.4 Å². The standard InChI is InChI=1S/C23H42O3/c1-4-5-6-7-8-9-10-11-12-13-14-15-16-17-18-19-22(25)26-21-23(2,3)20-24/h11-12,20H,4-10,13-19,21H2,1-3H3. The molecule has 0 aliphatic carbocycles. The molecule has 0 fully saturated rings. The highest BCUT2D eigenvalue weighted by molar-refractivity contribution is 5.70. The summed E-state index contributed by atoms with van der Waals surface area (Å²) in [7, 11) is 0. The first kappa shape index (κ1) is 24.9. The van der Waals surface area contributed by atoms with Crippen LogP contribution in [0.5, 0.6) is 0 Å². The molecule has 0 aromatic rings. The predicted octanol–water partition coefficient (Wildman–Crippen LogP) is 6.79. The summed E-state index contributed by atoms with van der Waals surface area (Å²) in [5.41, 5.74) is -0.571. The van der Waals surface area contributed by atoms with Crippen LogP contribution in [0.4, 0.5) is 0 Å². The largest absolute Gasteiger partial charge is 0.465 e. The summed E-state index contributed by atoms with van der Waals surface area (Å²) in [6, 6.07) is 0. The zero-order valence-corrected chi connectivity index (χ0v) is 17.6. The minimum atomic E-state index is -0.571. The molecule has 3 nitrogen and oxygen atoms in total. The predicted molar refractivity (Wildman–Crippen MR) is 110 cm³/mol. The van der Waals surface area contributed by atoms with Crippen molar-refractivity contribution in [1.29, 1.82) is 0 Å². The Morgan fingerprint density at radius 2 is 1.31 bits per heavy atom. The molecule has 152 valence electrons. The van der Waals surface area contributed by atoms with Gasteiger partial charge in [-0.2, -0.15) is 0 Å². The number of rotatable bonds is 18. The highest BCUT2D eigenvalue weighted by Crippen LogP contribution is 2.13. The van der Waals surface area contributed by atoms with E-state index in [1.807, 2.05) is 0 Å². The lowest BCUT2D eigenvalue weighted by molar-refractivity contribution is -0.147. The molecular formula is C23H42O3. The maximum absolute atomic E-state index is 11.6. The summed E-state index contributed by atoms with van der Waals surface area (Å²) in [6.45, 7) is 5.99. The Morgan fingerprint density at radius 3 is 1.85 bits per heavy atom. The zero-order valence-electron chi connectivity index (χ0n) is 17.6. The van der Waals surface area contributed by atoms with Crippen LogP contribution in [0.3, 0.4) is 0 Å². The second-order valence-corrected chi connectivity index (χ2v) is 8.10. The average Bonchev–Trinajstić information content (AvgIpc) is 2.63. The fourth-order valence-corrected chi connectivity index (χ4v) is 2.71. The summed E-state index contributed by atoms with van der Waals surface area (Å²) in [6.07, 6.45) is 22.2. The van der Waals surface area contributed by atoms with E-state index in [9.17, 15) is 9.59 Å². The number of allylic oxidation sites excluding steroid dienone is 2. The van der Waals surface area contributed by atoms with Crippen LogP contribution in [-0.2, 0) is 14.3 Å². The van der Waals surface area contributed by atoms with Gasteiger partial charge in [-0.15, -0.1) is 0 Å². The normalized spacial score (nSPS) is 11.8. The number of unbranched alkanes of at least 4 members (excludes halogenated alkanes) is 11. The molecule has 0 unspecified atom stereocenters. The molecule has 0 atom stereocenters. The van der Waals surface area contributed by atoms with E-state index in [1.165, 1.54) is 70.6 Å². The van der Waals surface area contributed by atoms with Gasteiger partial charge >= 0.3 is 5.97 Å². The van der Waals surface area contributed by atoms with Crippen LogP contribution in [0.1, 0.15) is 111 Å². The number of hydrogen-bond donors (Lipinski definition) is 0. The molecule has 0 heterocycles. The van der Waals surface area contributed by atoms with E-state index in [0.717, 1.165) is 19.1 Å². The number of carbonyl (C=O) groups excluding carboxylic acids is 2. The summed E-state index contributed by atoms with van der Waals surface area (Å²) in [5.74, 6) is -0.183. The van der Waals surface area contributed by atoms with Gasteiger partial charge in [-0.1, -0.05) is 70.4 Å². The highest BCUT2D eigenvalue weighted by Gasteiger charge is 2.18. The van der Waals surface area contributed by atoms with Gasteiger partial charge in [0.15, 0.2) is 0 Å². The van der Waals surface area contributed by atoms with E-state index in [1.54, 1.807) is 13.8 Å². The van der Waals surface area contributed by atoms with Gasteiger partial charge in [0, 0.05) is 6.42 Å². The second kappa shape index (κ2) is 17.3. The molecule has 3 heteroatoms. The molecule has 26 heavy (non-hydrogen) atoms. The number of ether oxygens (including phenoxy) is 1. The van der Waals surface area contributed by atoms with Crippen LogP contribution in [0, 0.1) is 5.41 Å². The monoisotopic (exact) mass is 366 g/mol. The minimum Gasteiger partial charge on any atom is -0.465 e. The van der Waals surface area contributed by atoms with Crippen molar-refractivity contribution in [2.45, 2.75) is 111 Å². The third-order valence-corrected chi connectivity index (χ3v) is 4.57. The number of esters is 1. The Labute approximate surface area is 162 Å². The van der Waals surface area contributed by atoms with Crippen molar-refractivity contribution in [3.8, 4) is 0 Å². The van der Waals surface area contributed by atoms with Crippen LogP contribution in [0.15, 0.2) is 12.2 Å². The fourth-order valence-electron chi connectivity index (χ4n) is 2.71. The quantitative estimate of drug-likeness (QED) is 0.116. The van der Waals surface area contributed by atoms with Gasteiger partial charge in [-0.05, 0) is 46.0 Å². The van der Waals surface area contributed by atoms with Gasteiger partial charge < -0.3 is 9.53 Å². The Morgan fingerprint density at radius 1 is 0.808 bits per heavy atom. The maximum atomic E-state index is 11.6. The van der Waals surface area contributed by atoms with Gasteiger partial charge in [0.2, 0.25) is 0 Å². The molecule has 0 radical (unpaired) electrons. The van der Waals surface area contributed by atoms with Gasteiger partial charge in [0.1, 0.15) is 12.9 Å².